The molecule has 0 saturated heterocycles. The van der Waals surface area contributed by atoms with Crippen molar-refractivity contribution in [3.05, 3.63) is 50.0 Å². The van der Waals surface area contributed by atoms with Crippen LogP contribution in [0, 0.1) is 17.0 Å². The summed E-state index contributed by atoms with van der Waals surface area (Å²) in [6, 6.07) is 4.60. The number of nitrogens with one attached hydrogen (secondary N) is 2. The molecule has 2 rings (SSSR count). The zero-order valence-corrected chi connectivity index (χ0v) is 12.4. The smallest absolute Gasteiger partial charge is 0.305 e. The average Bonchev–Trinajstić information content (AvgIpc) is 2.89. The van der Waals surface area contributed by atoms with E-state index in [2.05, 4.69) is 15.6 Å². The van der Waals surface area contributed by atoms with E-state index in [9.17, 15) is 14.9 Å². The molecule has 7 nitrogen and oxygen atoms in total. The summed E-state index contributed by atoms with van der Waals surface area (Å²) in [5.41, 5.74) is 2.66. The van der Waals surface area contributed by atoms with Gasteiger partial charge in [0.15, 0.2) is 0 Å². The van der Waals surface area contributed by atoms with Gasteiger partial charge in [-0.3, -0.25) is 14.9 Å². The Morgan fingerprint density at radius 2 is 2.24 bits per heavy atom. The van der Waals surface area contributed by atoms with Gasteiger partial charge in [0, 0.05) is 11.9 Å². The number of hydrogen-bond donors (Lipinski definition) is 2. The van der Waals surface area contributed by atoms with Crippen molar-refractivity contribution in [3.8, 4) is 0 Å². The van der Waals surface area contributed by atoms with Crippen LogP contribution in [-0.2, 0) is 6.54 Å². The fourth-order valence-electron chi connectivity index (χ4n) is 1.88. The van der Waals surface area contributed by atoms with E-state index in [1.165, 1.54) is 17.4 Å². The lowest BCUT2D eigenvalue weighted by molar-refractivity contribution is -0.384. The Labute approximate surface area is 125 Å². The normalized spacial score (nSPS) is 10.2. The summed E-state index contributed by atoms with van der Waals surface area (Å²) >= 11 is 1.43. The molecule has 1 aromatic carbocycles. The molecule has 8 heteroatoms. The highest BCUT2D eigenvalue weighted by Crippen LogP contribution is 2.28. The third kappa shape index (κ3) is 3.16. The van der Waals surface area contributed by atoms with Crippen LogP contribution in [0.2, 0.25) is 0 Å². The van der Waals surface area contributed by atoms with E-state index in [4.69, 9.17) is 0 Å². The van der Waals surface area contributed by atoms with Crippen molar-refractivity contribution in [2.75, 3.05) is 12.4 Å². The molecule has 0 spiro atoms. The molecule has 0 aliphatic carbocycles. The molecule has 0 aliphatic heterocycles. The minimum Gasteiger partial charge on any atom is -0.383 e. The molecule has 2 aromatic rings. The zero-order valence-electron chi connectivity index (χ0n) is 11.5. The van der Waals surface area contributed by atoms with Crippen molar-refractivity contribution in [2.45, 2.75) is 13.5 Å². The Morgan fingerprint density at radius 3 is 2.81 bits per heavy atom. The lowest BCUT2D eigenvalue weighted by Crippen LogP contribution is -2.24. The maximum Gasteiger partial charge on any atom is 0.305 e. The number of thiazole rings is 1. The number of amides is 1. The molecule has 0 fully saturated rings. The fourth-order valence-corrected chi connectivity index (χ4v) is 2.59. The predicted octanol–water partition coefficient (Wildman–Crippen LogP) is 2.33. The minimum atomic E-state index is -0.557. The summed E-state index contributed by atoms with van der Waals surface area (Å²) in [6.07, 6.45) is 0. The third-order valence-corrected chi connectivity index (χ3v) is 3.92. The number of nitrogens with zero attached hydrogens (tertiary/aromatic N) is 2. The molecule has 0 atom stereocenters. The molecule has 0 bridgehead atoms. The molecular weight excluding hydrogens is 292 g/mol. The van der Waals surface area contributed by atoms with Gasteiger partial charge >= 0.3 is 5.69 Å². The van der Waals surface area contributed by atoms with E-state index >= 15 is 0 Å². The summed E-state index contributed by atoms with van der Waals surface area (Å²) in [6.45, 7) is 2.15. The van der Waals surface area contributed by atoms with E-state index in [0.717, 1.165) is 10.6 Å². The molecule has 0 unspecified atom stereocenters. The van der Waals surface area contributed by atoms with Crippen LogP contribution in [0.15, 0.2) is 23.7 Å². The first-order valence-electron chi connectivity index (χ1n) is 6.17. The molecule has 0 aliphatic rings. The number of benzene rings is 1. The third-order valence-electron chi connectivity index (χ3n) is 2.99. The number of nitro benzene ring substituents is 1. The van der Waals surface area contributed by atoms with Gasteiger partial charge in [-0.15, -0.1) is 11.3 Å². The first-order chi connectivity index (χ1) is 10.0. The van der Waals surface area contributed by atoms with Crippen molar-refractivity contribution in [3.63, 3.8) is 0 Å². The van der Waals surface area contributed by atoms with Gasteiger partial charge in [-0.1, -0.05) is 6.07 Å². The number of para-hydroxylation sites is 1. The van der Waals surface area contributed by atoms with Crippen LogP contribution < -0.4 is 10.6 Å². The van der Waals surface area contributed by atoms with Gasteiger partial charge in [0.25, 0.3) is 5.91 Å². The maximum absolute atomic E-state index is 12.2. The number of aromatic nitrogens is 1. The molecule has 1 amide bonds. The first-order valence-corrected chi connectivity index (χ1v) is 7.05. The second-order valence-corrected chi connectivity index (χ2v) is 5.19. The van der Waals surface area contributed by atoms with Crippen LogP contribution in [0.1, 0.15) is 20.9 Å². The highest BCUT2D eigenvalue weighted by atomic mass is 32.1. The maximum atomic E-state index is 12.2. The lowest BCUT2D eigenvalue weighted by Gasteiger charge is -2.08. The Kier molecular flexibility index (Phi) is 4.49. The van der Waals surface area contributed by atoms with Gasteiger partial charge in [0.05, 0.1) is 22.7 Å². The van der Waals surface area contributed by atoms with E-state index < -0.39 is 10.8 Å². The molecule has 1 aromatic heterocycles. The van der Waals surface area contributed by atoms with Crippen molar-refractivity contribution >= 4 is 28.6 Å². The predicted molar refractivity (Wildman–Crippen MR) is 80.7 cm³/mol. The van der Waals surface area contributed by atoms with Gasteiger partial charge in [0.2, 0.25) is 0 Å². The van der Waals surface area contributed by atoms with Gasteiger partial charge < -0.3 is 10.6 Å². The number of rotatable bonds is 5. The Bertz CT molecular complexity index is 684. The largest absolute Gasteiger partial charge is 0.383 e. The van der Waals surface area contributed by atoms with E-state index in [1.807, 2.05) is 6.92 Å². The molecule has 0 saturated carbocycles. The quantitative estimate of drug-likeness (QED) is 0.652. The van der Waals surface area contributed by atoms with Crippen molar-refractivity contribution in [2.24, 2.45) is 0 Å². The summed E-state index contributed by atoms with van der Waals surface area (Å²) in [4.78, 5) is 27.8. The number of anilines is 1. The fraction of sp³-hybridized carbons (Fsp3) is 0.231. The Morgan fingerprint density at radius 1 is 1.48 bits per heavy atom. The van der Waals surface area contributed by atoms with Gasteiger partial charge in [0.1, 0.15) is 11.3 Å². The Hall–Kier alpha value is -2.48. The minimum absolute atomic E-state index is 0.0361. The average molecular weight is 306 g/mol. The van der Waals surface area contributed by atoms with Crippen molar-refractivity contribution in [1.29, 1.82) is 0 Å². The van der Waals surface area contributed by atoms with E-state index in [0.29, 0.717) is 12.2 Å². The lowest BCUT2D eigenvalue weighted by atomic mass is 10.1. The summed E-state index contributed by atoms with van der Waals surface area (Å²) in [5, 5.41) is 16.6. The first kappa shape index (κ1) is 14.9. The summed E-state index contributed by atoms with van der Waals surface area (Å²) in [5.74, 6) is -0.480. The van der Waals surface area contributed by atoms with Crippen LogP contribution in [-0.4, -0.2) is 22.9 Å². The highest BCUT2D eigenvalue weighted by Gasteiger charge is 2.23. The molecule has 1 heterocycles. The topological polar surface area (TPSA) is 97.2 Å². The summed E-state index contributed by atoms with van der Waals surface area (Å²) < 4.78 is 0. The standard InChI is InChI=1S/C13H14N4O3S/c1-8-11(21-7-16-8)6-15-13(18)9-4-3-5-10(14-2)12(9)17(19)20/h3-5,7,14H,6H2,1-2H3,(H,15,18). The molecule has 2 N–H and O–H groups in total. The van der Waals surface area contributed by atoms with Gasteiger partial charge in [-0.25, -0.2) is 4.98 Å². The molecule has 110 valence electrons. The number of hydrogen-bond acceptors (Lipinski definition) is 6. The molecular formula is C13H14N4O3S. The highest BCUT2D eigenvalue weighted by molar-refractivity contribution is 7.09. The van der Waals surface area contributed by atoms with Crippen LogP contribution >= 0.6 is 11.3 Å². The van der Waals surface area contributed by atoms with Gasteiger partial charge in [-0.2, -0.15) is 0 Å². The van der Waals surface area contributed by atoms with Gasteiger partial charge in [-0.05, 0) is 19.1 Å². The number of carbonyl (C=O) groups excluding carboxylic acids is 1. The van der Waals surface area contributed by atoms with Crippen molar-refractivity contribution < 1.29 is 9.72 Å². The van der Waals surface area contributed by atoms with Crippen molar-refractivity contribution in [1.82, 2.24) is 10.3 Å². The van der Waals surface area contributed by atoms with E-state index in [1.54, 1.807) is 24.7 Å². The second-order valence-electron chi connectivity index (χ2n) is 4.25. The van der Waals surface area contributed by atoms with E-state index in [-0.39, 0.29) is 11.3 Å². The molecule has 21 heavy (non-hydrogen) atoms. The second kappa shape index (κ2) is 6.31. The summed E-state index contributed by atoms with van der Waals surface area (Å²) in [7, 11) is 1.57. The number of carbonyl (C=O) groups is 1. The Balaban J connectivity index is 2.23. The van der Waals surface area contributed by atoms with Crippen LogP contribution in [0.25, 0.3) is 0 Å². The number of aryl methyl sites for hydroxylation is 1. The van der Waals surface area contributed by atoms with Crippen LogP contribution in [0.4, 0.5) is 11.4 Å². The SMILES string of the molecule is CNc1cccc(C(=O)NCc2scnc2C)c1[N+](=O)[O-]. The van der Waals surface area contributed by atoms with Crippen LogP contribution in [0.3, 0.4) is 0 Å². The zero-order chi connectivity index (χ0) is 15.4. The van der Waals surface area contributed by atoms with Crippen LogP contribution in [0.5, 0.6) is 0 Å². The monoisotopic (exact) mass is 306 g/mol. The molecule has 0 radical (unpaired) electrons. The number of nitro groups is 1.